The molecule has 0 aliphatic carbocycles. The Morgan fingerprint density at radius 1 is 0.848 bits per heavy atom. The summed E-state index contributed by atoms with van der Waals surface area (Å²) in [7, 11) is 3.29. The molecule has 0 amide bonds. The third-order valence-corrected chi connectivity index (χ3v) is 5.38. The molecule has 0 radical (unpaired) electrons. The smallest absolute Gasteiger partial charge is 0.340 e. The van der Waals surface area contributed by atoms with Gasteiger partial charge in [-0.2, -0.15) is 0 Å². The van der Waals surface area contributed by atoms with Crippen LogP contribution >= 0.6 is 12.2 Å². The van der Waals surface area contributed by atoms with Gasteiger partial charge in [-0.1, -0.05) is 36.4 Å². The van der Waals surface area contributed by atoms with Crippen LogP contribution in [-0.2, 0) is 17.8 Å². The minimum Gasteiger partial charge on any atom is -0.497 e. The zero-order chi connectivity index (χ0) is 23.6. The molecule has 0 aliphatic rings. The van der Waals surface area contributed by atoms with Crippen LogP contribution in [0.3, 0.4) is 0 Å². The molecule has 0 fully saturated rings. The lowest BCUT2D eigenvalue weighted by atomic mass is 10.1. The van der Waals surface area contributed by atoms with Gasteiger partial charge in [0.2, 0.25) is 0 Å². The molecule has 33 heavy (non-hydrogen) atoms. The van der Waals surface area contributed by atoms with E-state index in [0.29, 0.717) is 36.1 Å². The number of anilines is 1. The number of rotatable bonds is 9. The zero-order valence-corrected chi connectivity index (χ0v) is 19.9. The fourth-order valence-corrected chi connectivity index (χ4v) is 3.51. The summed E-state index contributed by atoms with van der Waals surface area (Å²) in [5.41, 5.74) is 3.20. The second-order valence-corrected chi connectivity index (χ2v) is 7.64. The van der Waals surface area contributed by atoms with E-state index in [1.807, 2.05) is 65.6 Å². The van der Waals surface area contributed by atoms with E-state index in [9.17, 15) is 4.79 Å². The van der Waals surface area contributed by atoms with Gasteiger partial charge in [0.15, 0.2) is 5.11 Å². The standard InChI is InChI=1S/C26H28N2O4S/c1-4-32-25(29)23-7-5-6-8-24(23)27-26(33)28(17-19-9-13-21(30-2)14-10-19)18-20-11-15-22(31-3)16-12-20/h5-16H,4,17-18H2,1-3H3,(H,27,33). The van der Waals surface area contributed by atoms with Gasteiger partial charge in [0, 0.05) is 13.1 Å². The normalized spacial score (nSPS) is 10.3. The van der Waals surface area contributed by atoms with Gasteiger partial charge < -0.3 is 24.4 Å². The number of nitrogens with zero attached hydrogens (tertiary/aromatic N) is 1. The zero-order valence-electron chi connectivity index (χ0n) is 19.0. The van der Waals surface area contributed by atoms with Gasteiger partial charge in [0.05, 0.1) is 32.1 Å². The first-order valence-corrected chi connectivity index (χ1v) is 11.0. The van der Waals surface area contributed by atoms with E-state index in [1.54, 1.807) is 33.3 Å². The van der Waals surface area contributed by atoms with Crippen LogP contribution in [0.25, 0.3) is 0 Å². The maximum atomic E-state index is 12.4. The van der Waals surface area contributed by atoms with Crippen LogP contribution in [0.15, 0.2) is 72.8 Å². The molecule has 0 bridgehead atoms. The third-order valence-electron chi connectivity index (χ3n) is 5.02. The van der Waals surface area contributed by atoms with Crippen molar-refractivity contribution in [3.63, 3.8) is 0 Å². The second-order valence-electron chi connectivity index (χ2n) is 7.25. The molecule has 3 aromatic rings. The van der Waals surface area contributed by atoms with Gasteiger partial charge in [0.25, 0.3) is 0 Å². The molecule has 172 valence electrons. The van der Waals surface area contributed by atoms with E-state index in [2.05, 4.69) is 5.32 Å². The monoisotopic (exact) mass is 464 g/mol. The summed E-state index contributed by atoms with van der Waals surface area (Å²) in [5.74, 6) is 1.20. The molecule has 3 rings (SSSR count). The number of hydrogen-bond acceptors (Lipinski definition) is 5. The van der Waals surface area contributed by atoms with Crippen LogP contribution in [0.5, 0.6) is 11.5 Å². The average Bonchev–Trinajstić information content (AvgIpc) is 2.85. The van der Waals surface area contributed by atoms with E-state index in [1.165, 1.54) is 0 Å². The maximum Gasteiger partial charge on any atom is 0.340 e. The molecule has 0 unspecified atom stereocenters. The van der Waals surface area contributed by atoms with Gasteiger partial charge in [0.1, 0.15) is 11.5 Å². The molecular formula is C26H28N2O4S. The Balaban J connectivity index is 1.84. The highest BCUT2D eigenvalue weighted by Gasteiger charge is 2.17. The first kappa shape index (κ1) is 24.1. The molecule has 0 heterocycles. The Hall–Kier alpha value is -3.58. The summed E-state index contributed by atoms with van der Waals surface area (Å²) in [6.45, 7) is 3.23. The van der Waals surface area contributed by atoms with Crippen molar-refractivity contribution in [2.75, 3.05) is 26.1 Å². The van der Waals surface area contributed by atoms with Gasteiger partial charge in [-0.3, -0.25) is 0 Å². The molecule has 0 saturated heterocycles. The summed E-state index contributed by atoms with van der Waals surface area (Å²) in [5, 5.41) is 3.74. The number of nitrogens with one attached hydrogen (secondary N) is 1. The van der Waals surface area contributed by atoms with E-state index < -0.39 is 0 Å². The predicted molar refractivity (Wildman–Crippen MR) is 134 cm³/mol. The highest BCUT2D eigenvalue weighted by molar-refractivity contribution is 7.80. The number of benzene rings is 3. The largest absolute Gasteiger partial charge is 0.497 e. The van der Waals surface area contributed by atoms with Crippen LogP contribution in [0, 0.1) is 0 Å². The second kappa shape index (κ2) is 11.9. The number of hydrogen-bond donors (Lipinski definition) is 1. The fourth-order valence-electron chi connectivity index (χ4n) is 3.28. The minimum atomic E-state index is -0.389. The summed E-state index contributed by atoms with van der Waals surface area (Å²) in [6, 6.07) is 22.9. The van der Waals surface area contributed by atoms with E-state index in [4.69, 9.17) is 26.4 Å². The van der Waals surface area contributed by atoms with Crippen molar-refractivity contribution in [2.45, 2.75) is 20.0 Å². The third kappa shape index (κ3) is 6.70. The molecule has 1 N–H and O–H groups in total. The van der Waals surface area contributed by atoms with Gasteiger partial charge in [-0.05, 0) is 66.7 Å². The Kier molecular flexibility index (Phi) is 8.66. The molecule has 3 aromatic carbocycles. The molecule has 0 spiro atoms. The number of para-hydroxylation sites is 1. The number of esters is 1. The molecule has 0 aromatic heterocycles. The van der Waals surface area contributed by atoms with Crippen LogP contribution in [0.2, 0.25) is 0 Å². The minimum absolute atomic E-state index is 0.304. The molecule has 0 atom stereocenters. The highest BCUT2D eigenvalue weighted by Crippen LogP contribution is 2.20. The van der Waals surface area contributed by atoms with Gasteiger partial charge in [-0.25, -0.2) is 4.79 Å². The highest BCUT2D eigenvalue weighted by atomic mass is 32.1. The van der Waals surface area contributed by atoms with E-state index in [-0.39, 0.29) is 5.97 Å². The number of ether oxygens (including phenoxy) is 3. The Bertz CT molecular complexity index is 1020. The Labute approximate surface area is 200 Å². The SMILES string of the molecule is CCOC(=O)c1ccccc1NC(=S)N(Cc1ccc(OC)cc1)Cc1ccc(OC)cc1. The fraction of sp³-hybridized carbons (Fsp3) is 0.231. The predicted octanol–water partition coefficient (Wildman–Crippen LogP) is 5.28. The Morgan fingerprint density at radius 2 is 1.36 bits per heavy atom. The van der Waals surface area contributed by atoms with Crippen LogP contribution in [0.4, 0.5) is 5.69 Å². The van der Waals surface area contributed by atoms with Crippen molar-refractivity contribution in [1.29, 1.82) is 0 Å². The first-order chi connectivity index (χ1) is 16.0. The molecule has 0 aliphatic heterocycles. The lowest BCUT2D eigenvalue weighted by molar-refractivity contribution is 0.0527. The van der Waals surface area contributed by atoms with Crippen molar-refractivity contribution in [2.24, 2.45) is 0 Å². The average molecular weight is 465 g/mol. The van der Waals surface area contributed by atoms with Crippen LogP contribution in [-0.4, -0.2) is 36.8 Å². The van der Waals surface area contributed by atoms with E-state index >= 15 is 0 Å². The van der Waals surface area contributed by atoms with Gasteiger partial charge in [-0.15, -0.1) is 0 Å². The van der Waals surface area contributed by atoms with Crippen molar-refractivity contribution >= 4 is 29.0 Å². The lowest BCUT2D eigenvalue weighted by Crippen LogP contribution is -2.34. The molecular weight excluding hydrogens is 436 g/mol. The van der Waals surface area contributed by atoms with Gasteiger partial charge >= 0.3 is 5.97 Å². The number of thiocarbonyl (C=S) groups is 1. The van der Waals surface area contributed by atoms with Crippen molar-refractivity contribution in [1.82, 2.24) is 4.90 Å². The summed E-state index contributed by atoms with van der Waals surface area (Å²) < 4.78 is 15.7. The number of carbonyl (C=O) groups excluding carboxylic acids is 1. The number of methoxy groups -OCH3 is 2. The van der Waals surface area contributed by atoms with Crippen molar-refractivity contribution in [3.05, 3.63) is 89.5 Å². The maximum absolute atomic E-state index is 12.4. The van der Waals surface area contributed by atoms with Crippen LogP contribution < -0.4 is 14.8 Å². The first-order valence-electron chi connectivity index (χ1n) is 10.6. The van der Waals surface area contributed by atoms with Crippen molar-refractivity contribution < 1.29 is 19.0 Å². The van der Waals surface area contributed by atoms with Crippen LogP contribution in [0.1, 0.15) is 28.4 Å². The topological polar surface area (TPSA) is 60.0 Å². The molecule has 0 saturated carbocycles. The van der Waals surface area contributed by atoms with E-state index in [0.717, 1.165) is 22.6 Å². The number of carbonyl (C=O) groups is 1. The van der Waals surface area contributed by atoms with Crippen molar-refractivity contribution in [3.8, 4) is 11.5 Å². The molecule has 6 nitrogen and oxygen atoms in total. The lowest BCUT2D eigenvalue weighted by Gasteiger charge is -2.27. The summed E-state index contributed by atoms with van der Waals surface area (Å²) in [6.07, 6.45) is 0. The quantitative estimate of drug-likeness (QED) is 0.341. The Morgan fingerprint density at radius 3 is 1.85 bits per heavy atom. The molecule has 7 heteroatoms. The summed E-state index contributed by atoms with van der Waals surface area (Å²) in [4.78, 5) is 14.4. The summed E-state index contributed by atoms with van der Waals surface area (Å²) >= 11 is 5.78.